The van der Waals surface area contributed by atoms with Crippen LogP contribution in [0.4, 0.5) is 5.88 Å². The molecule has 118 valence electrons. The van der Waals surface area contributed by atoms with Crippen molar-refractivity contribution in [2.24, 2.45) is 0 Å². The Bertz CT molecular complexity index is 913. The van der Waals surface area contributed by atoms with Crippen LogP contribution in [-0.2, 0) is 12.8 Å². The number of anilines is 1. The largest absolute Gasteiger partial charge is 0.338 e. The van der Waals surface area contributed by atoms with Gasteiger partial charge in [0.05, 0.1) is 10.7 Å². The molecule has 2 heterocycles. The zero-order valence-electron chi connectivity index (χ0n) is 12.6. The normalized spacial score (nSPS) is 14.0. The third-order valence-corrected chi connectivity index (χ3v) is 5.83. The van der Waals surface area contributed by atoms with E-state index in [0.717, 1.165) is 52.6 Å². The maximum Gasteiger partial charge on any atom is 0.269 e. The lowest BCUT2D eigenvalue weighted by atomic mass is 9.98. The number of rotatable bonds is 2. The molecule has 0 bridgehead atoms. The van der Waals surface area contributed by atoms with Crippen molar-refractivity contribution in [3.63, 3.8) is 0 Å². The molecule has 1 amide bonds. The van der Waals surface area contributed by atoms with Crippen LogP contribution in [0.1, 0.15) is 39.3 Å². The van der Waals surface area contributed by atoms with E-state index in [-0.39, 0.29) is 5.91 Å². The van der Waals surface area contributed by atoms with Crippen LogP contribution in [-0.4, -0.2) is 11.1 Å². The number of thiophene rings is 1. The number of aryl methyl sites for hydroxylation is 2. The summed E-state index contributed by atoms with van der Waals surface area (Å²) in [5.74, 6) is 0.229. The molecule has 0 fully saturated rings. The lowest BCUT2D eigenvalue weighted by Gasteiger charge is -2.09. The number of benzene rings is 1. The number of fused-ring (bicyclic) bond motifs is 2. The molecule has 4 rings (SSSR count). The second kappa shape index (κ2) is 5.65. The minimum atomic E-state index is -0.238. The second-order valence-electron chi connectivity index (χ2n) is 5.84. The number of aromatic nitrogens is 1. The van der Waals surface area contributed by atoms with Crippen LogP contribution in [0.5, 0.6) is 0 Å². The van der Waals surface area contributed by atoms with E-state index in [1.165, 1.54) is 11.3 Å². The van der Waals surface area contributed by atoms with Crippen molar-refractivity contribution >= 4 is 44.8 Å². The van der Waals surface area contributed by atoms with Crippen molar-refractivity contribution in [2.75, 3.05) is 5.32 Å². The number of amides is 1. The van der Waals surface area contributed by atoms with Gasteiger partial charge < -0.3 is 4.52 Å². The molecule has 3 aromatic rings. The number of nitrogens with one attached hydrogen (secondary N) is 1. The Morgan fingerprint density at radius 2 is 2.17 bits per heavy atom. The Hall–Kier alpha value is -1.85. The molecule has 2 aromatic heterocycles. The van der Waals surface area contributed by atoms with Crippen LogP contribution in [0.2, 0.25) is 5.02 Å². The summed E-state index contributed by atoms with van der Waals surface area (Å²) < 4.78 is 6.34. The maximum atomic E-state index is 12.6. The number of nitrogens with zero attached hydrogens (tertiary/aromatic N) is 1. The summed E-state index contributed by atoms with van der Waals surface area (Å²) in [6, 6.07) is 5.99. The highest BCUT2D eigenvalue weighted by molar-refractivity contribution is 7.21. The van der Waals surface area contributed by atoms with E-state index in [0.29, 0.717) is 15.8 Å². The van der Waals surface area contributed by atoms with Crippen LogP contribution >= 0.6 is 22.9 Å². The summed E-state index contributed by atoms with van der Waals surface area (Å²) in [5.41, 5.74) is 3.13. The minimum Gasteiger partial charge on any atom is -0.338 e. The van der Waals surface area contributed by atoms with Gasteiger partial charge >= 0.3 is 0 Å². The monoisotopic (exact) mass is 346 g/mol. The van der Waals surface area contributed by atoms with Gasteiger partial charge in [-0.1, -0.05) is 28.9 Å². The van der Waals surface area contributed by atoms with Gasteiger partial charge in [0.2, 0.25) is 5.88 Å². The van der Waals surface area contributed by atoms with E-state index in [9.17, 15) is 4.79 Å². The Labute approximate surface area is 142 Å². The van der Waals surface area contributed by atoms with Gasteiger partial charge in [0.25, 0.3) is 5.91 Å². The lowest BCUT2D eigenvalue weighted by molar-refractivity contribution is 0.102. The van der Waals surface area contributed by atoms with Gasteiger partial charge in [-0.25, -0.2) is 0 Å². The highest BCUT2D eigenvalue weighted by atomic mass is 35.5. The molecule has 0 aliphatic heterocycles. The molecule has 6 heteroatoms. The molecule has 0 saturated carbocycles. The maximum absolute atomic E-state index is 12.6. The molecule has 0 atom stereocenters. The first-order valence-electron chi connectivity index (χ1n) is 7.61. The van der Waals surface area contributed by atoms with Crippen molar-refractivity contribution in [1.82, 2.24) is 5.16 Å². The first-order valence-corrected chi connectivity index (χ1v) is 8.80. The van der Waals surface area contributed by atoms with E-state index in [1.807, 2.05) is 25.1 Å². The van der Waals surface area contributed by atoms with Crippen molar-refractivity contribution in [1.29, 1.82) is 0 Å². The van der Waals surface area contributed by atoms with Gasteiger partial charge in [0.1, 0.15) is 4.88 Å². The Morgan fingerprint density at radius 1 is 1.35 bits per heavy atom. The third kappa shape index (κ3) is 2.54. The van der Waals surface area contributed by atoms with Crippen molar-refractivity contribution in [3.05, 3.63) is 44.9 Å². The molecule has 0 spiro atoms. The second-order valence-corrected chi connectivity index (χ2v) is 7.27. The average molecular weight is 347 g/mol. The third-order valence-electron chi connectivity index (χ3n) is 4.18. The van der Waals surface area contributed by atoms with E-state index in [2.05, 4.69) is 10.5 Å². The van der Waals surface area contributed by atoms with Gasteiger partial charge in [-0.15, -0.1) is 11.3 Å². The minimum absolute atomic E-state index is 0.238. The molecule has 1 aliphatic carbocycles. The SMILES string of the molecule is Cc1ccc2c(Cl)c(C(=O)Nc3onc4c3CCCC4)sc2c1. The van der Waals surface area contributed by atoms with Crippen molar-refractivity contribution < 1.29 is 9.32 Å². The first kappa shape index (κ1) is 14.7. The van der Waals surface area contributed by atoms with Gasteiger partial charge in [-0.2, -0.15) is 0 Å². The first-order chi connectivity index (χ1) is 11.1. The molecule has 23 heavy (non-hydrogen) atoms. The number of hydrogen-bond acceptors (Lipinski definition) is 4. The van der Waals surface area contributed by atoms with E-state index in [4.69, 9.17) is 16.1 Å². The molecule has 0 radical (unpaired) electrons. The fourth-order valence-electron chi connectivity index (χ4n) is 2.97. The van der Waals surface area contributed by atoms with Crippen LogP contribution in [0.3, 0.4) is 0 Å². The number of carbonyl (C=O) groups excluding carboxylic acids is 1. The fraction of sp³-hybridized carbons (Fsp3) is 0.294. The molecule has 1 aliphatic rings. The quantitative estimate of drug-likeness (QED) is 0.711. The molecular formula is C17H15ClN2O2S. The number of halogens is 1. The Morgan fingerprint density at radius 3 is 3.04 bits per heavy atom. The zero-order chi connectivity index (χ0) is 16.0. The van der Waals surface area contributed by atoms with Crippen LogP contribution in [0, 0.1) is 6.92 Å². The highest BCUT2D eigenvalue weighted by Crippen LogP contribution is 2.37. The molecule has 1 N–H and O–H groups in total. The average Bonchev–Trinajstić information content (AvgIpc) is 3.09. The summed E-state index contributed by atoms with van der Waals surface area (Å²) in [5, 5.41) is 8.31. The summed E-state index contributed by atoms with van der Waals surface area (Å²) in [4.78, 5) is 13.1. The number of hydrogen-bond donors (Lipinski definition) is 1. The smallest absolute Gasteiger partial charge is 0.269 e. The predicted molar refractivity (Wildman–Crippen MR) is 92.7 cm³/mol. The predicted octanol–water partition coefficient (Wildman–Crippen LogP) is 4.98. The standard InChI is InChI=1S/C17H15ClN2O2S/c1-9-6-7-11-13(8-9)23-15(14(11)18)16(21)19-17-10-4-2-3-5-12(10)20-22-17/h6-8H,2-5H2,1H3,(H,19,21). The van der Waals surface area contributed by atoms with Gasteiger partial charge in [0.15, 0.2) is 0 Å². The molecule has 0 saturated heterocycles. The molecule has 4 nitrogen and oxygen atoms in total. The summed E-state index contributed by atoms with van der Waals surface area (Å²) in [6.45, 7) is 2.02. The van der Waals surface area contributed by atoms with Gasteiger partial charge in [-0.3, -0.25) is 10.1 Å². The van der Waals surface area contributed by atoms with Crippen LogP contribution < -0.4 is 5.32 Å². The molecule has 0 unspecified atom stereocenters. The zero-order valence-corrected chi connectivity index (χ0v) is 14.2. The fourth-order valence-corrected chi connectivity index (χ4v) is 4.48. The lowest BCUT2D eigenvalue weighted by Crippen LogP contribution is -2.12. The Balaban J connectivity index is 1.67. The molecule has 1 aromatic carbocycles. The van der Waals surface area contributed by atoms with E-state index in [1.54, 1.807) is 0 Å². The van der Waals surface area contributed by atoms with E-state index < -0.39 is 0 Å². The van der Waals surface area contributed by atoms with Gasteiger partial charge in [0, 0.05) is 15.6 Å². The van der Waals surface area contributed by atoms with E-state index >= 15 is 0 Å². The van der Waals surface area contributed by atoms with Gasteiger partial charge in [-0.05, 0) is 44.2 Å². The summed E-state index contributed by atoms with van der Waals surface area (Å²) >= 11 is 7.79. The Kier molecular flexibility index (Phi) is 3.62. The molecular weight excluding hydrogens is 332 g/mol. The summed E-state index contributed by atoms with van der Waals surface area (Å²) in [6.07, 6.45) is 4.03. The number of carbonyl (C=O) groups is 1. The van der Waals surface area contributed by atoms with Crippen molar-refractivity contribution in [2.45, 2.75) is 32.6 Å². The van der Waals surface area contributed by atoms with Crippen LogP contribution in [0.25, 0.3) is 10.1 Å². The van der Waals surface area contributed by atoms with Crippen molar-refractivity contribution in [3.8, 4) is 0 Å². The summed E-state index contributed by atoms with van der Waals surface area (Å²) in [7, 11) is 0. The van der Waals surface area contributed by atoms with Crippen LogP contribution in [0.15, 0.2) is 22.7 Å². The highest BCUT2D eigenvalue weighted by Gasteiger charge is 2.23. The topological polar surface area (TPSA) is 55.1 Å².